The Morgan fingerprint density at radius 2 is 2.24 bits per heavy atom. The highest BCUT2D eigenvalue weighted by molar-refractivity contribution is 5.91. The molecule has 0 unspecified atom stereocenters. The SMILES string of the molecule is CCC(=O)Nc1cccc(-c2nnc(C)o2)c1. The molecule has 5 nitrogen and oxygen atoms in total. The first-order chi connectivity index (χ1) is 8.19. The predicted molar refractivity (Wildman–Crippen MR) is 63.4 cm³/mol. The number of aromatic nitrogens is 2. The average molecular weight is 231 g/mol. The van der Waals surface area contributed by atoms with E-state index in [-0.39, 0.29) is 5.91 Å². The molecule has 88 valence electrons. The average Bonchev–Trinajstić information content (AvgIpc) is 2.76. The van der Waals surface area contributed by atoms with Gasteiger partial charge in [-0.3, -0.25) is 4.79 Å². The van der Waals surface area contributed by atoms with Gasteiger partial charge in [-0.2, -0.15) is 0 Å². The Morgan fingerprint density at radius 3 is 2.88 bits per heavy atom. The van der Waals surface area contributed by atoms with Gasteiger partial charge in [-0.25, -0.2) is 0 Å². The van der Waals surface area contributed by atoms with Crippen LogP contribution in [0.2, 0.25) is 0 Å². The predicted octanol–water partition coefficient (Wildman–Crippen LogP) is 2.39. The van der Waals surface area contributed by atoms with Gasteiger partial charge in [0.1, 0.15) is 0 Å². The highest BCUT2D eigenvalue weighted by Crippen LogP contribution is 2.21. The molecule has 0 atom stereocenters. The van der Waals surface area contributed by atoms with E-state index < -0.39 is 0 Å². The van der Waals surface area contributed by atoms with Gasteiger partial charge >= 0.3 is 0 Å². The van der Waals surface area contributed by atoms with Crippen molar-refractivity contribution in [2.45, 2.75) is 20.3 Å². The van der Waals surface area contributed by atoms with Crippen LogP contribution in [-0.4, -0.2) is 16.1 Å². The zero-order chi connectivity index (χ0) is 12.3. The van der Waals surface area contributed by atoms with Crippen molar-refractivity contribution in [2.75, 3.05) is 5.32 Å². The Labute approximate surface area is 98.9 Å². The second kappa shape index (κ2) is 4.78. The van der Waals surface area contributed by atoms with E-state index in [9.17, 15) is 4.79 Å². The number of rotatable bonds is 3. The third-order valence-electron chi connectivity index (χ3n) is 2.24. The first kappa shape index (κ1) is 11.3. The summed E-state index contributed by atoms with van der Waals surface area (Å²) in [7, 11) is 0. The number of hydrogen-bond donors (Lipinski definition) is 1. The van der Waals surface area contributed by atoms with Gasteiger partial charge in [0, 0.05) is 24.6 Å². The quantitative estimate of drug-likeness (QED) is 0.880. The van der Waals surface area contributed by atoms with Gasteiger partial charge in [-0.15, -0.1) is 10.2 Å². The van der Waals surface area contributed by atoms with Gasteiger partial charge in [-0.1, -0.05) is 13.0 Å². The molecule has 5 heteroatoms. The van der Waals surface area contributed by atoms with Crippen molar-refractivity contribution in [2.24, 2.45) is 0 Å². The standard InChI is InChI=1S/C12H13N3O2/c1-3-11(16)13-10-6-4-5-9(7-10)12-15-14-8(2)17-12/h4-7H,3H2,1-2H3,(H,13,16). The molecule has 1 aromatic heterocycles. The van der Waals surface area contributed by atoms with Crippen LogP contribution in [-0.2, 0) is 4.79 Å². The molecule has 2 aromatic rings. The lowest BCUT2D eigenvalue weighted by Gasteiger charge is -2.04. The Kier molecular flexibility index (Phi) is 3.18. The number of carbonyl (C=O) groups is 1. The number of aryl methyl sites for hydroxylation is 1. The van der Waals surface area contributed by atoms with Crippen LogP contribution in [0.3, 0.4) is 0 Å². The van der Waals surface area contributed by atoms with Crippen molar-refractivity contribution in [1.29, 1.82) is 0 Å². The van der Waals surface area contributed by atoms with E-state index in [0.29, 0.717) is 18.2 Å². The van der Waals surface area contributed by atoms with E-state index in [4.69, 9.17) is 4.42 Å². The van der Waals surface area contributed by atoms with Crippen LogP contribution in [0.4, 0.5) is 5.69 Å². The summed E-state index contributed by atoms with van der Waals surface area (Å²) in [5.41, 5.74) is 1.52. The van der Waals surface area contributed by atoms with E-state index in [1.807, 2.05) is 18.2 Å². The lowest BCUT2D eigenvalue weighted by atomic mass is 10.2. The highest BCUT2D eigenvalue weighted by atomic mass is 16.4. The third-order valence-corrected chi connectivity index (χ3v) is 2.24. The first-order valence-corrected chi connectivity index (χ1v) is 5.39. The minimum Gasteiger partial charge on any atom is -0.421 e. The Bertz CT molecular complexity index is 534. The number of benzene rings is 1. The zero-order valence-corrected chi connectivity index (χ0v) is 9.73. The minimum absolute atomic E-state index is 0.0242. The highest BCUT2D eigenvalue weighted by Gasteiger charge is 2.07. The van der Waals surface area contributed by atoms with Crippen molar-refractivity contribution in [3.05, 3.63) is 30.2 Å². The Balaban J connectivity index is 2.25. The maximum Gasteiger partial charge on any atom is 0.247 e. The van der Waals surface area contributed by atoms with E-state index >= 15 is 0 Å². The van der Waals surface area contributed by atoms with Gasteiger partial charge in [-0.05, 0) is 18.2 Å². The molecule has 0 radical (unpaired) electrons. The fourth-order valence-electron chi connectivity index (χ4n) is 1.39. The van der Waals surface area contributed by atoms with Crippen LogP contribution >= 0.6 is 0 Å². The maximum atomic E-state index is 11.3. The second-order valence-corrected chi connectivity index (χ2v) is 3.61. The number of nitrogens with zero attached hydrogens (tertiary/aromatic N) is 2. The molecule has 1 N–H and O–H groups in total. The molecule has 0 fully saturated rings. The van der Waals surface area contributed by atoms with Crippen LogP contribution in [0.25, 0.3) is 11.5 Å². The monoisotopic (exact) mass is 231 g/mol. The lowest BCUT2D eigenvalue weighted by molar-refractivity contribution is -0.115. The molecule has 1 heterocycles. The minimum atomic E-state index is -0.0242. The topological polar surface area (TPSA) is 68.0 Å². The van der Waals surface area contributed by atoms with E-state index in [0.717, 1.165) is 11.3 Å². The van der Waals surface area contributed by atoms with E-state index in [1.54, 1.807) is 19.9 Å². The van der Waals surface area contributed by atoms with Crippen LogP contribution in [0.5, 0.6) is 0 Å². The van der Waals surface area contributed by atoms with Gasteiger partial charge in [0.2, 0.25) is 17.7 Å². The third kappa shape index (κ3) is 2.69. The number of anilines is 1. The maximum absolute atomic E-state index is 11.3. The summed E-state index contributed by atoms with van der Waals surface area (Å²) in [5, 5.41) is 10.5. The smallest absolute Gasteiger partial charge is 0.247 e. The van der Waals surface area contributed by atoms with E-state index in [1.165, 1.54) is 0 Å². The number of hydrogen-bond acceptors (Lipinski definition) is 4. The van der Waals surface area contributed by atoms with Crippen LogP contribution in [0.1, 0.15) is 19.2 Å². The van der Waals surface area contributed by atoms with Crippen molar-refractivity contribution in [3.8, 4) is 11.5 Å². The van der Waals surface area contributed by atoms with Crippen LogP contribution in [0, 0.1) is 6.92 Å². The molecule has 0 bridgehead atoms. The van der Waals surface area contributed by atoms with Crippen molar-refractivity contribution in [1.82, 2.24) is 10.2 Å². The van der Waals surface area contributed by atoms with Crippen molar-refractivity contribution < 1.29 is 9.21 Å². The largest absolute Gasteiger partial charge is 0.421 e. The summed E-state index contributed by atoms with van der Waals surface area (Å²) in [6.45, 7) is 3.54. The summed E-state index contributed by atoms with van der Waals surface area (Å²) in [4.78, 5) is 11.3. The molecule has 0 aliphatic rings. The van der Waals surface area contributed by atoms with Gasteiger partial charge in [0.05, 0.1) is 0 Å². The Hall–Kier alpha value is -2.17. The van der Waals surface area contributed by atoms with Crippen LogP contribution in [0.15, 0.2) is 28.7 Å². The molecule has 17 heavy (non-hydrogen) atoms. The Morgan fingerprint density at radius 1 is 1.41 bits per heavy atom. The summed E-state index contributed by atoms with van der Waals surface area (Å²) >= 11 is 0. The first-order valence-electron chi connectivity index (χ1n) is 5.39. The molecule has 0 saturated carbocycles. The molecule has 1 amide bonds. The molecule has 0 aliphatic carbocycles. The van der Waals surface area contributed by atoms with Gasteiger partial charge < -0.3 is 9.73 Å². The number of nitrogens with one attached hydrogen (secondary N) is 1. The normalized spacial score (nSPS) is 10.2. The zero-order valence-electron chi connectivity index (χ0n) is 9.73. The number of amides is 1. The molecular formula is C12H13N3O2. The lowest BCUT2D eigenvalue weighted by Crippen LogP contribution is -2.09. The van der Waals surface area contributed by atoms with Crippen molar-refractivity contribution in [3.63, 3.8) is 0 Å². The summed E-state index contributed by atoms with van der Waals surface area (Å²) in [6, 6.07) is 7.31. The van der Waals surface area contributed by atoms with Gasteiger partial charge in [0.15, 0.2) is 0 Å². The van der Waals surface area contributed by atoms with Gasteiger partial charge in [0.25, 0.3) is 0 Å². The van der Waals surface area contributed by atoms with E-state index in [2.05, 4.69) is 15.5 Å². The molecule has 0 spiro atoms. The summed E-state index contributed by atoms with van der Waals surface area (Å²) in [5.74, 6) is 0.946. The molecular weight excluding hydrogens is 218 g/mol. The molecule has 2 rings (SSSR count). The second-order valence-electron chi connectivity index (χ2n) is 3.61. The fourth-order valence-corrected chi connectivity index (χ4v) is 1.39. The number of carbonyl (C=O) groups excluding carboxylic acids is 1. The summed E-state index contributed by atoms with van der Waals surface area (Å²) in [6.07, 6.45) is 0.448. The molecule has 1 aromatic carbocycles. The summed E-state index contributed by atoms with van der Waals surface area (Å²) < 4.78 is 5.32. The fraction of sp³-hybridized carbons (Fsp3) is 0.250. The molecule has 0 saturated heterocycles. The van der Waals surface area contributed by atoms with Crippen LogP contribution < -0.4 is 5.32 Å². The van der Waals surface area contributed by atoms with Crippen molar-refractivity contribution >= 4 is 11.6 Å². The molecule has 0 aliphatic heterocycles.